The average molecular weight is 294 g/mol. The Morgan fingerprint density at radius 3 is 2.87 bits per heavy atom. The van der Waals surface area contributed by atoms with Crippen molar-refractivity contribution in [2.45, 2.75) is 19.4 Å². The zero-order valence-electron chi connectivity index (χ0n) is 8.90. The van der Waals surface area contributed by atoms with Gasteiger partial charge in [0.25, 0.3) is 0 Å². The maximum Gasteiger partial charge on any atom is 0.153 e. The molecule has 1 heterocycles. The van der Waals surface area contributed by atoms with Gasteiger partial charge in [-0.05, 0) is 28.1 Å². The van der Waals surface area contributed by atoms with E-state index in [1.165, 1.54) is 6.42 Å². The summed E-state index contributed by atoms with van der Waals surface area (Å²) in [5, 5.41) is 7.87. The number of halogens is 1. The van der Waals surface area contributed by atoms with Crippen LogP contribution in [0, 0.1) is 0 Å². The summed E-state index contributed by atoms with van der Waals surface area (Å²) in [6, 6.07) is 0.0796. The maximum absolute atomic E-state index is 5.53. The number of nitrogens with one attached hydrogen (secondary N) is 1. The minimum atomic E-state index is 0.0796. The van der Waals surface area contributed by atoms with Crippen LogP contribution in [0.15, 0.2) is 4.60 Å². The first-order valence-corrected chi connectivity index (χ1v) is 6.74. The van der Waals surface area contributed by atoms with Crippen molar-refractivity contribution in [1.82, 2.24) is 20.4 Å². The molecule has 0 radical (unpaired) electrons. The third-order valence-electron chi connectivity index (χ3n) is 1.99. The molecule has 0 saturated carbocycles. The normalized spacial score (nSPS) is 13.1. The number of aryl methyl sites for hydroxylation is 1. The number of hydrazine groups is 1. The van der Waals surface area contributed by atoms with Gasteiger partial charge in [0.1, 0.15) is 0 Å². The van der Waals surface area contributed by atoms with Crippen molar-refractivity contribution in [1.29, 1.82) is 0 Å². The predicted octanol–water partition coefficient (Wildman–Crippen LogP) is 1.23. The van der Waals surface area contributed by atoms with E-state index >= 15 is 0 Å². The Balaban J connectivity index is 2.65. The number of rotatable bonds is 6. The van der Waals surface area contributed by atoms with E-state index in [9.17, 15) is 0 Å². The van der Waals surface area contributed by atoms with Gasteiger partial charge >= 0.3 is 0 Å². The number of aromatic nitrogens is 3. The molecular weight excluding hydrogens is 278 g/mol. The van der Waals surface area contributed by atoms with E-state index in [0.717, 1.165) is 21.8 Å². The van der Waals surface area contributed by atoms with E-state index in [0.29, 0.717) is 0 Å². The van der Waals surface area contributed by atoms with Crippen molar-refractivity contribution in [2.75, 3.05) is 11.5 Å². The summed E-state index contributed by atoms with van der Waals surface area (Å²) < 4.78 is 2.49. The summed E-state index contributed by atoms with van der Waals surface area (Å²) in [7, 11) is 1.86. The number of nitrogens with two attached hydrogens (primary N) is 1. The Bertz CT molecular complexity index is 284. The highest BCUT2D eigenvalue weighted by molar-refractivity contribution is 9.10. The first-order valence-electron chi connectivity index (χ1n) is 4.79. The number of hydrogen-bond acceptors (Lipinski definition) is 5. The molecular formula is C8H16BrN5S. The van der Waals surface area contributed by atoms with Crippen LogP contribution in [0.1, 0.15) is 25.1 Å². The van der Waals surface area contributed by atoms with Gasteiger partial charge < -0.3 is 0 Å². The summed E-state index contributed by atoms with van der Waals surface area (Å²) >= 11 is 5.24. The van der Waals surface area contributed by atoms with E-state index in [4.69, 9.17) is 5.84 Å². The zero-order valence-corrected chi connectivity index (χ0v) is 11.3. The molecule has 3 N–H and O–H groups in total. The quantitative estimate of drug-likeness (QED) is 0.469. The van der Waals surface area contributed by atoms with Crippen LogP contribution in [-0.2, 0) is 7.05 Å². The van der Waals surface area contributed by atoms with Crippen molar-refractivity contribution in [3.8, 4) is 0 Å². The zero-order chi connectivity index (χ0) is 11.3. The van der Waals surface area contributed by atoms with E-state index in [-0.39, 0.29) is 6.04 Å². The maximum atomic E-state index is 5.53. The van der Waals surface area contributed by atoms with Gasteiger partial charge in [0.2, 0.25) is 0 Å². The molecule has 0 aliphatic heterocycles. The van der Waals surface area contributed by atoms with E-state index in [2.05, 4.69) is 38.6 Å². The van der Waals surface area contributed by atoms with Crippen LogP contribution < -0.4 is 11.3 Å². The lowest BCUT2D eigenvalue weighted by Gasteiger charge is -2.15. The van der Waals surface area contributed by atoms with E-state index in [1.807, 2.05) is 18.8 Å². The van der Waals surface area contributed by atoms with Gasteiger partial charge in [-0.3, -0.25) is 11.3 Å². The molecule has 0 spiro atoms. The van der Waals surface area contributed by atoms with Gasteiger partial charge in [-0.15, -0.1) is 5.10 Å². The van der Waals surface area contributed by atoms with Crippen LogP contribution in [0.4, 0.5) is 0 Å². The molecule has 1 unspecified atom stereocenters. The van der Waals surface area contributed by atoms with E-state index < -0.39 is 0 Å². The van der Waals surface area contributed by atoms with Crippen LogP contribution in [-0.4, -0.2) is 26.5 Å². The Labute approximate surface area is 102 Å². The van der Waals surface area contributed by atoms with Crippen molar-refractivity contribution in [3.05, 3.63) is 10.3 Å². The smallest absolute Gasteiger partial charge is 0.153 e. The molecule has 7 heteroatoms. The topological polar surface area (TPSA) is 68.8 Å². The molecule has 1 atom stereocenters. The molecule has 5 nitrogen and oxygen atoms in total. The molecule has 0 aromatic carbocycles. The molecule has 1 rings (SSSR count). The van der Waals surface area contributed by atoms with Gasteiger partial charge in [0.15, 0.2) is 4.60 Å². The first kappa shape index (κ1) is 13.0. The van der Waals surface area contributed by atoms with Crippen molar-refractivity contribution in [3.63, 3.8) is 0 Å². The van der Waals surface area contributed by atoms with Gasteiger partial charge in [-0.1, -0.05) is 12.1 Å². The molecule has 15 heavy (non-hydrogen) atoms. The number of hydrogen-bond donors (Lipinski definition) is 2. The lowest BCUT2D eigenvalue weighted by molar-refractivity contribution is 0.549. The standard InChI is InChI=1S/C8H16BrN5S/c1-3-4-15-5-6(11-10)7-8(9)12-13-14(7)2/h6,11H,3-5,10H2,1-2H3. The fourth-order valence-electron chi connectivity index (χ4n) is 1.26. The molecule has 1 aromatic heterocycles. The Morgan fingerprint density at radius 1 is 1.67 bits per heavy atom. The van der Waals surface area contributed by atoms with Crippen molar-refractivity contribution < 1.29 is 0 Å². The molecule has 0 amide bonds. The van der Waals surface area contributed by atoms with Gasteiger partial charge in [-0.2, -0.15) is 11.8 Å². The van der Waals surface area contributed by atoms with Gasteiger partial charge in [-0.25, -0.2) is 4.68 Å². The first-order chi connectivity index (χ1) is 7.20. The number of thioether (sulfide) groups is 1. The highest BCUT2D eigenvalue weighted by atomic mass is 79.9. The van der Waals surface area contributed by atoms with Gasteiger partial charge in [0, 0.05) is 12.8 Å². The van der Waals surface area contributed by atoms with E-state index in [1.54, 1.807) is 4.68 Å². The van der Waals surface area contributed by atoms with Crippen LogP contribution in [0.5, 0.6) is 0 Å². The second-order valence-corrected chi connectivity index (χ2v) is 5.08. The molecule has 0 saturated heterocycles. The van der Waals surface area contributed by atoms with Crippen LogP contribution in [0.3, 0.4) is 0 Å². The fraction of sp³-hybridized carbons (Fsp3) is 0.750. The Kier molecular flexibility index (Phi) is 5.59. The van der Waals surface area contributed by atoms with Gasteiger partial charge in [0.05, 0.1) is 11.7 Å². The summed E-state index contributed by atoms with van der Waals surface area (Å²) in [5.41, 5.74) is 3.78. The molecule has 1 aromatic rings. The fourth-order valence-corrected chi connectivity index (χ4v) is 2.81. The molecule has 0 fully saturated rings. The summed E-state index contributed by atoms with van der Waals surface area (Å²) in [5.74, 6) is 7.59. The van der Waals surface area contributed by atoms with Crippen LogP contribution in [0.25, 0.3) is 0 Å². The molecule has 86 valence electrons. The second-order valence-electron chi connectivity index (χ2n) is 3.18. The lowest BCUT2D eigenvalue weighted by Crippen LogP contribution is -2.31. The molecule has 0 bridgehead atoms. The summed E-state index contributed by atoms with van der Waals surface area (Å²) in [6.45, 7) is 2.17. The molecule has 0 aliphatic carbocycles. The minimum Gasteiger partial charge on any atom is -0.271 e. The predicted molar refractivity (Wildman–Crippen MR) is 66.4 cm³/mol. The third-order valence-corrected chi connectivity index (χ3v) is 3.82. The monoisotopic (exact) mass is 293 g/mol. The highest BCUT2D eigenvalue weighted by Crippen LogP contribution is 2.23. The van der Waals surface area contributed by atoms with Crippen LogP contribution in [0.2, 0.25) is 0 Å². The lowest BCUT2D eigenvalue weighted by atomic mass is 10.3. The average Bonchev–Trinajstić information content (AvgIpc) is 2.55. The largest absolute Gasteiger partial charge is 0.271 e. The highest BCUT2D eigenvalue weighted by Gasteiger charge is 2.18. The summed E-state index contributed by atoms with van der Waals surface area (Å²) in [6.07, 6.45) is 1.17. The Morgan fingerprint density at radius 2 is 2.40 bits per heavy atom. The Hall–Kier alpha value is -0.110. The second kappa shape index (κ2) is 6.47. The SMILES string of the molecule is CCCSCC(NN)c1c(Br)nnn1C. The van der Waals surface area contributed by atoms with Crippen molar-refractivity contribution >= 4 is 27.7 Å². The third kappa shape index (κ3) is 3.44. The summed E-state index contributed by atoms with van der Waals surface area (Å²) in [4.78, 5) is 0. The van der Waals surface area contributed by atoms with Crippen LogP contribution >= 0.6 is 27.7 Å². The number of nitrogens with zero attached hydrogens (tertiary/aromatic N) is 3. The van der Waals surface area contributed by atoms with Crippen molar-refractivity contribution in [2.24, 2.45) is 12.9 Å². The minimum absolute atomic E-state index is 0.0796. The molecule has 0 aliphatic rings.